The molecule has 0 aliphatic carbocycles. The molecule has 0 spiro atoms. The van der Waals surface area contributed by atoms with Gasteiger partial charge in [-0.2, -0.15) is 0 Å². The zero-order valence-corrected chi connectivity index (χ0v) is 10.2. The summed E-state index contributed by atoms with van der Waals surface area (Å²) in [4.78, 5) is 31.9. The lowest BCUT2D eigenvalue weighted by Gasteiger charge is -2.00. The molecule has 0 radical (unpaired) electrons. The van der Waals surface area contributed by atoms with Crippen molar-refractivity contribution in [2.75, 3.05) is 6.61 Å². The summed E-state index contributed by atoms with van der Waals surface area (Å²) in [6.07, 6.45) is 2.57. The molecule has 100 valence electrons. The van der Waals surface area contributed by atoms with Crippen molar-refractivity contribution >= 4 is 24.0 Å². The summed E-state index contributed by atoms with van der Waals surface area (Å²) in [5.41, 5.74) is 0.683. The van der Waals surface area contributed by atoms with Gasteiger partial charge in [0, 0.05) is 13.0 Å². The van der Waals surface area contributed by atoms with Gasteiger partial charge in [0.1, 0.15) is 5.75 Å². The van der Waals surface area contributed by atoms with E-state index in [4.69, 9.17) is 9.84 Å². The van der Waals surface area contributed by atoms with E-state index in [1.165, 1.54) is 13.0 Å². The average molecular weight is 264 g/mol. The van der Waals surface area contributed by atoms with Crippen LogP contribution >= 0.6 is 0 Å². The normalized spacial score (nSPS) is 10.2. The third-order valence-corrected chi connectivity index (χ3v) is 1.89. The van der Waals surface area contributed by atoms with E-state index in [1.807, 2.05) is 0 Å². The third kappa shape index (κ3) is 6.02. The number of rotatable bonds is 5. The Hall–Kier alpha value is -2.63. The molecule has 1 rings (SSSR count). The summed E-state index contributed by atoms with van der Waals surface area (Å²) in [6.45, 7) is 0.626. The molecule has 0 unspecified atom stereocenters. The van der Waals surface area contributed by atoms with Crippen molar-refractivity contribution in [3.05, 3.63) is 35.9 Å². The summed E-state index contributed by atoms with van der Waals surface area (Å²) in [7, 11) is 0. The molecule has 6 heteroatoms. The van der Waals surface area contributed by atoms with Crippen LogP contribution in [0.15, 0.2) is 30.3 Å². The predicted molar refractivity (Wildman–Crippen MR) is 65.4 cm³/mol. The Morgan fingerprint density at radius 2 is 1.84 bits per heavy atom. The minimum absolute atomic E-state index is 0.401. The lowest BCUT2D eigenvalue weighted by Crippen LogP contribution is -2.10. The molecule has 1 N–H and O–H groups in total. The first-order chi connectivity index (χ1) is 8.97. The maximum atomic E-state index is 11.1. The second-order valence-electron chi connectivity index (χ2n) is 3.50. The molecular weight excluding hydrogens is 252 g/mol. The summed E-state index contributed by atoms with van der Waals surface area (Å²) in [5.74, 6) is -1.97. The summed E-state index contributed by atoms with van der Waals surface area (Å²) in [6, 6.07) is 6.42. The quantitative estimate of drug-likeness (QED) is 0.489. The minimum atomic E-state index is -1.22. The SMILES string of the molecule is CC(=O)Oc1ccc(C=CC(=O)OCC(=O)O)cc1. The van der Waals surface area contributed by atoms with Crippen molar-refractivity contribution in [2.24, 2.45) is 0 Å². The predicted octanol–water partition coefficient (Wildman–Crippen LogP) is 1.25. The Kier molecular flexibility index (Phi) is 5.28. The van der Waals surface area contributed by atoms with Crippen molar-refractivity contribution in [1.82, 2.24) is 0 Å². The van der Waals surface area contributed by atoms with Crippen LogP contribution in [0.4, 0.5) is 0 Å². The number of benzene rings is 1. The molecule has 1 aromatic rings. The summed E-state index contributed by atoms with van der Waals surface area (Å²) in [5, 5.41) is 8.31. The van der Waals surface area contributed by atoms with E-state index in [1.54, 1.807) is 24.3 Å². The fraction of sp³-hybridized carbons (Fsp3) is 0.154. The third-order valence-electron chi connectivity index (χ3n) is 1.89. The molecule has 19 heavy (non-hydrogen) atoms. The monoisotopic (exact) mass is 264 g/mol. The molecular formula is C13H12O6. The highest BCUT2D eigenvalue weighted by atomic mass is 16.5. The molecule has 1 aromatic carbocycles. The van der Waals surface area contributed by atoms with Gasteiger partial charge in [-0.05, 0) is 23.8 Å². The maximum Gasteiger partial charge on any atom is 0.341 e. The van der Waals surface area contributed by atoms with Gasteiger partial charge in [-0.25, -0.2) is 9.59 Å². The standard InChI is InChI=1S/C13H12O6/c1-9(14)19-11-5-2-10(3-6-11)4-7-13(17)18-8-12(15)16/h2-7H,8H2,1H3,(H,15,16). The van der Waals surface area contributed by atoms with Crippen LogP contribution < -0.4 is 4.74 Å². The van der Waals surface area contributed by atoms with Gasteiger partial charge in [0.05, 0.1) is 0 Å². The van der Waals surface area contributed by atoms with Crippen LogP contribution in [0.5, 0.6) is 5.75 Å². The average Bonchev–Trinajstić information content (AvgIpc) is 2.35. The molecule has 6 nitrogen and oxygen atoms in total. The fourth-order valence-electron chi connectivity index (χ4n) is 1.16. The van der Waals surface area contributed by atoms with Gasteiger partial charge >= 0.3 is 17.9 Å². The lowest BCUT2D eigenvalue weighted by molar-refractivity contribution is -0.151. The maximum absolute atomic E-state index is 11.1. The number of hydrogen-bond acceptors (Lipinski definition) is 5. The van der Waals surface area contributed by atoms with E-state index in [0.717, 1.165) is 6.08 Å². The molecule has 0 saturated carbocycles. The van der Waals surface area contributed by atoms with Crippen molar-refractivity contribution < 1.29 is 29.0 Å². The summed E-state index contributed by atoms with van der Waals surface area (Å²) < 4.78 is 9.25. The topological polar surface area (TPSA) is 89.9 Å². The molecule has 0 saturated heterocycles. The molecule has 0 aliphatic rings. The van der Waals surface area contributed by atoms with E-state index < -0.39 is 24.5 Å². The van der Waals surface area contributed by atoms with E-state index in [2.05, 4.69) is 4.74 Å². The van der Waals surface area contributed by atoms with E-state index >= 15 is 0 Å². The first-order valence-corrected chi connectivity index (χ1v) is 5.32. The molecule has 0 bridgehead atoms. The van der Waals surface area contributed by atoms with Crippen LogP contribution in [0.1, 0.15) is 12.5 Å². The van der Waals surface area contributed by atoms with Gasteiger partial charge < -0.3 is 14.6 Å². The number of aliphatic carboxylic acids is 1. The van der Waals surface area contributed by atoms with Gasteiger partial charge in [0.15, 0.2) is 6.61 Å². The summed E-state index contributed by atoms with van der Waals surface area (Å²) >= 11 is 0. The zero-order chi connectivity index (χ0) is 14.3. The van der Waals surface area contributed by atoms with E-state index in [0.29, 0.717) is 11.3 Å². The Morgan fingerprint density at radius 3 is 2.37 bits per heavy atom. The number of carboxylic acids is 1. The lowest BCUT2D eigenvalue weighted by atomic mass is 10.2. The molecule has 0 aliphatic heterocycles. The van der Waals surface area contributed by atoms with Gasteiger partial charge in [-0.15, -0.1) is 0 Å². The van der Waals surface area contributed by atoms with Crippen molar-refractivity contribution in [3.8, 4) is 5.75 Å². The van der Waals surface area contributed by atoms with Crippen LogP contribution in [0.3, 0.4) is 0 Å². The number of hydrogen-bond donors (Lipinski definition) is 1. The number of esters is 2. The van der Waals surface area contributed by atoms with E-state index in [-0.39, 0.29) is 0 Å². The van der Waals surface area contributed by atoms with Crippen LogP contribution in [0.2, 0.25) is 0 Å². The number of carbonyl (C=O) groups excluding carboxylic acids is 2. The van der Waals surface area contributed by atoms with Crippen LogP contribution in [0, 0.1) is 0 Å². The van der Waals surface area contributed by atoms with Gasteiger partial charge in [-0.3, -0.25) is 4.79 Å². The molecule has 0 amide bonds. The van der Waals surface area contributed by atoms with Crippen molar-refractivity contribution in [1.29, 1.82) is 0 Å². The highest BCUT2D eigenvalue weighted by Crippen LogP contribution is 2.13. The first kappa shape index (κ1) is 14.4. The number of carboxylic acid groups (broad SMARTS) is 1. The molecule has 0 aromatic heterocycles. The second-order valence-corrected chi connectivity index (χ2v) is 3.50. The fourth-order valence-corrected chi connectivity index (χ4v) is 1.16. The van der Waals surface area contributed by atoms with Gasteiger partial charge in [-0.1, -0.05) is 12.1 Å². The smallest absolute Gasteiger partial charge is 0.341 e. The molecule has 0 fully saturated rings. The molecule has 0 atom stereocenters. The van der Waals surface area contributed by atoms with Gasteiger partial charge in [0.2, 0.25) is 0 Å². The van der Waals surface area contributed by atoms with Crippen molar-refractivity contribution in [3.63, 3.8) is 0 Å². The van der Waals surface area contributed by atoms with Crippen LogP contribution in [-0.4, -0.2) is 29.6 Å². The highest BCUT2D eigenvalue weighted by Gasteiger charge is 2.01. The first-order valence-electron chi connectivity index (χ1n) is 5.32. The minimum Gasteiger partial charge on any atom is -0.479 e. The van der Waals surface area contributed by atoms with Crippen LogP contribution in [-0.2, 0) is 19.1 Å². The molecule has 0 heterocycles. The Labute approximate surface area is 109 Å². The Bertz CT molecular complexity index is 500. The zero-order valence-electron chi connectivity index (χ0n) is 10.2. The Morgan fingerprint density at radius 1 is 1.21 bits per heavy atom. The van der Waals surface area contributed by atoms with Crippen molar-refractivity contribution in [2.45, 2.75) is 6.92 Å². The Balaban J connectivity index is 2.55. The van der Waals surface area contributed by atoms with Crippen LogP contribution in [0.25, 0.3) is 6.08 Å². The highest BCUT2D eigenvalue weighted by molar-refractivity contribution is 5.88. The number of carbonyl (C=O) groups is 3. The largest absolute Gasteiger partial charge is 0.479 e. The van der Waals surface area contributed by atoms with Gasteiger partial charge in [0.25, 0.3) is 0 Å². The second kappa shape index (κ2) is 6.95. The number of ether oxygens (including phenoxy) is 2. The van der Waals surface area contributed by atoms with E-state index in [9.17, 15) is 14.4 Å².